The summed E-state index contributed by atoms with van der Waals surface area (Å²) in [6.07, 6.45) is 0. The Bertz CT molecular complexity index is 308. The summed E-state index contributed by atoms with van der Waals surface area (Å²) in [4.78, 5) is 0. The highest BCUT2D eigenvalue weighted by Gasteiger charge is 2.24. The zero-order valence-electron chi connectivity index (χ0n) is 8.74. The van der Waals surface area contributed by atoms with Crippen LogP contribution in [-0.2, 0) is 0 Å². The van der Waals surface area contributed by atoms with Gasteiger partial charge in [0.05, 0.1) is 21.1 Å². The van der Waals surface area contributed by atoms with Crippen LogP contribution in [0.3, 0.4) is 0 Å². The maximum Gasteiger partial charge on any atom is 0.201 e. The van der Waals surface area contributed by atoms with E-state index in [1.54, 1.807) is 0 Å². The van der Waals surface area contributed by atoms with Gasteiger partial charge < -0.3 is 21.5 Å². The molecule has 0 aromatic heterocycles. The zero-order chi connectivity index (χ0) is 9.90. The summed E-state index contributed by atoms with van der Waals surface area (Å²) >= 11 is 0. The molecule has 14 heavy (non-hydrogen) atoms. The number of benzene rings is 1. The zero-order valence-corrected chi connectivity index (χ0v) is 10.3. The van der Waals surface area contributed by atoms with Crippen molar-refractivity contribution in [1.29, 1.82) is 5.26 Å². The fourth-order valence-electron chi connectivity index (χ4n) is 1.33. The van der Waals surface area contributed by atoms with Gasteiger partial charge in [-0.05, 0) is 0 Å². The van der Waals surface area contributed by atoms with Gasteiger partial charge in [0.25, 0.3) is 0 Å². The Morgan fingerprint density at radius 3 is 2.00 bits per heavy atom. The molecule has 1 aromatic carbocycles. The largest absolute Gasteiger partial charge is 1.00 e. The fraction of sp³-hybridized carbons (Fsp3) is 0.364. The van der Waals surface area contributed by atoms with Crippen molar-refractivity contribution in [3.05, 3.63) is 35.9 Å². The summed E-state index contributed by atoms with van der Waals surface area (Å²) in [6, 6.07) is 12.1. The molecule has 2 nitrogen and oxygen atoms in total. The third-order valence-corrected chi connectivity index (χ3v) is 2.01. The minimum atomic E-state index is -0.0822. The van der Waals surface area contributed by atoms with E-state index in [0.29, 0.717) is 4.48 Å². The Morgan fingerprint density at radius 1 is 1.14 bits per heavy atom. The number of hydrogen-bond donors (Lipinski definition) is 0. The Balaban J connectivity index is 0.00000169. The lowest BCUT2D eigenvalue weighted by atomic mass is 10.1. The first-order valence-electron chi connectivity index (χ1n) is 4.31. The van der Waals surface area contributed by atoms with E-state index in [2.05, 4.69) is 6.07 Å². The van der Waals surface area contributed by atoms with E-state index in [1.807, 2.05) is 51.5 Å². The maximum absolute atomic E-state index is 9.05. The first-order valence-corrected chi connectivity index (χ1v) is 4.31. The molecule has 0 aliphatic heterocycles. The van der Waals surface area contributed by atoms with Crippen LogP contribution in [0.5, 0.6) is 0 Å². The molecule has 76 valence electrons. The summed E-state index contributed by atoms with van der Waals surface area (Å²) < 4.78 is 0.639. The number of nitrogens with zero attached hydrogens (tertiary/aromatic N) is 2. The van der Waals surface area contributed by atoms with Gasteiger partial charge in [-0.3, -0.25) is 0 Å². The molecule has 0 saturated carbocycles. The molecule has 1 rings (SSSR count). The predicted octanol–water partition coefficient (Wildman–Crippen LogP) is -1.04. The summed E-state index contributed by atoms with van der Waals surface area (Å²) in [5.41, 5.74) is 1.08. The van der Waals surface area contributed by atoms with Gasteiger partial charge in [0, 0.05) is 5.56 Å². The molecule has 0 radical (unpaired) electrons. The fourth-order valence-corrected chi connectivity index (χ4v) is 1.33. The van der Waals surface area contributed by atoms with Gasteiger partial charge in [-0.25, -0.2) is 0 Å². The Labute approximate surface area is 96.1 Å². The second-order valence-electron chi connectivity index (χ2n) is 4.06. The first kappa shape index (κ1) is 13.2. The molecule has 0 amide bonds. The molecule has 0 aliphatic carbocycles. The van der Waals surface area contributed by atoms with Crippen molar-refractivity contribution >= 4 is 0 Å². The SMILES string of the molecule is C[N+](C)(C)C(C#N)c1ccccc1.[Br-]. The lowest BCUT2D eigenvalue weighted by molar-refractivity contribution is -0.893. The van der Waals surface area contributed by atoms with E-state index in [-0.39, 0.29) is 23.0 Å². The highest BCUT2D eigenvalue weighted by atomic mass is 79.9. The molecular weight excluding hydrogens is 240 g/mol. The standard InChI is InChI=1S/C11H15N2.BrH/c1-13(2,3)11(9-12)10-7-5-4-6-8-10;/h4-8,11H,1-3H3;1H/q+1;/p-1. The lowest BCUT2D eigenvalue weighted by Gasteiger charge is -2.29. The minimum absolute atomic E-state index is 0. The van der Waals surface area contributed by atoms with Crippen LogP contribution in [0, 0.1) is 11.3 Å². The van der Waals surface area contributed by atoms with E-state index >= 15 is 0 Å². The molecule has 0 N–H and O–H groups in total. The molecular formula is C11H15BrN2. The van der Waals surface area contributed by atoms with Crippen molar-refractivity contribution in [2.24, 2.45) is 0 Å². The van der Waals surface area contributed by atoms with Crippen molar-refractivity contribution in [3.63, 3.8) is 0 Å². The summed E-state index contributed by atoms with van der Waals surface area (Å²) in [6.45, 7) is 0. The van der Waals surface area contributed by atoms with Gasteiger partial charge in [0.15, 0.2) is 0 Å². The molecule has 0 heterocycles. The van der Waals surface area contributed by atoms with Crippen LogP contribution in [0.4, 0.5) is 0 Å². The monoisotopic (exact) mass is 254 g/mol. The van der Waals surface area contributed by atoms with Crippen LogP contribution in [0.15, 0.2) is 30.3 Å². The molecule has 0 bridgehead atoms. The topological polar surface area (TPSA) is 23.8 Å². The van der Waals surface area contributed by atoms with Gasteiger partial charge in [0.2, 0.25) is 6.04 Å². The Morgan fingerprint density at radius 2 is 1.64 bits per heavy atom. The van der Waals surface area contributed by atoms with Crippen LogP contribution >= 0.6 is 0 Å². The average Bonchev–Trinajstić information content (AvgIpc) is 2.05. The number of rotatable bonds is 2. The first-order chi connectivity index (χ1) is 6.05. The van der Waals surface area contributed by atoms with Crippen molar-refractivity contribution in [1.82, 2.24) is 0 Å². The van der Waals surface area contributed by atoms with Crippen LogP contribution in [-0.4, -0.2) is 25.6 Å². The van der Waals surface area contributed by atoms with Gasteiger partial charge >= 0.3 is 0 Å². The summed E-state index contributed by atoms with van der Waals surface area (Å²) in [7, 11) is 6.09. The van der Waals surface area contributed by atoms with Crippen LogP contribution in [0.1, 0.15) is 11.6 Å². The molecule has 1 atom stereocenters. The van der Waals surface area contributed by atoms with E-state index < -0.39 is 0 Å². The molecule has 3 heteroatoms. The van der Waals surface area contributed by atoms with Crippen molar-refractivity contribution in [2.75, 3.05) is 21.1 Å². The van der Waals surface area contributed by atoms with E-state index in [9.17, 15) is 0 Å². The van der Waals surface area contributed by atoms with Gasteiger partial charge in [-0.2, -0.15) is 5.26 Å². The highest BCUT2D eigenvalue weighted by molar-refractivity contribution is 5.21. The predicted molar refractivity (Wildman–Crippen MR) is 52.8 cm³/mol. The smallest absolute Gasteiger partial charge is 0.201 e. The normalized spacial score (nSPS) is 12.4. The van der Waals surface area contributed by atoms with Gasteiger partial charge in [-0.15, -0.1) is 0 Å². The van der Waals surface area contributed by atoms with Gasteiger partial charge in [-0.1, -0.05) is 30.3 Å². The van der Waals surface area contributed by atoms with E-state index in [4.69, 9.17) is 5.26 Å². The molecule has 1 aromatic rings. The van der Waals surface area contributed by atoms with Crippen molar-refractivity contribution in [2.45, 2.75) is 6.04 Å². The number of hydrogen-bond acceptors (Lipinski definition) is 1. The number of halogens is 1. The average molecular weight is 255 g/mol. The maximum atomic E-state index is 9.05. The molecule has 1 unspecified atom stereocenters. The van der Waals surface area contributed by atoms with Crippen LogP contribution < -0.4 is 17.0 Å². The quantitative estimate of drug-likeness (QED) is 0.619. The van der Waals surface area contributed by atoms with E-state index in [0.717, 1.165) is 5.56 Å². The minimum Gasteiger partial charge on any atom is -1.00 e. The molecule has 0 aliphatic rings. The Hall–Kier alpha value is -0.850. The van der Waals surface area contributed by atoms with Gasteiger partial charge in [0.1, 0.15) is 6.07 Å². The molecule has 0 saturated heterocycles. The second-order valence-corrected chi connectivity index (χ2v) is 4.06. The molecule has 0 fully saturated rings. The third kappa shape index (κ3) is 3.13. The highest BCUT2D eigenvalue weighted by Crippen LogP contribution is 2.21. The number of nitriles is 1. The van der Waals surface area contributed by atoms with E-state index in [1.165, 1.54) is 0 Å². The van der Waals surface area contributed by atoms with Crippen molar-refractivity contribution in [3.8, 4) is 6.07 Å². The van der Waals surface area contributed by atoms with Crippen molar-refractivity contribution < 1.29 is 21.5 Å². The Kier molecular flexibility index (Phi) is 4.82. The second kappa shape index (κ2) is 5.14. The van der Waals surface area contributed by atoms with Crippen LogP contribution in [0.2, 0.25) is 0 Å². The van der Waals surface area contributed by atoms with Crippen LogP contribution in [0.25, 0.3) is 0 Å². The summed E-state index contributed by atoms with van der Waals surface area (Å²) in [5, 5.41) is 9.05. The molecule has 0 spiro atoms. The summed E-state index contributed by atoms with van der Waals surface area (Å²) in [5.74, 6) is 0. The third-order valence-electron chi connectivity index (χ3n) is 2.01. The number of quaternary nitrogens is 1. The lowest BCUT2D eigenvalue weighted by Crippen LogP contribution is -3.00.